The van der Waals surface area contributed by atoms with Gasteiger partial charge in [0.15, 0.2) is 6.39 Å². The third kappa shape index (κ3) is 3.72. The third-order valence-corrected chi connectivity index (χ3v) is 4.81. The van der Waals surface area contributed by atoms with Gasteiger partial charge in [-0.25, -0.2) is 13.8 Å². The predicted octanol–water partition coefficient (Wildman–Crippen LogP) is 3.94. The van der Waals surface area contributed by atoms with Gasteiger partial charge in [0.2, 0.25) is 0 Å². The van der Waals surface area contributed by atoms with Crippen LogP contribution in [0.2, 0.25) is 0 Å². The first-order valence-corrected chi connectivity index (χ1v) is 8.81. The number of fused-ring (bicyclic) bond motifs is 1. The minimum absolute atomic E-state index is 0.132. The van der Waals surface area contributed by atoms with Crippen LogP contribution in [0.3, 0.4) is 0 Å². The van der Waals surface area contributed by atoms with Crippen LogP contribution in [0.15, 0.2) is 47.5 Å². The summed E-state index contributed by atoms with van der Waals surface area (Å²) >= 11 is 0. The van der Waals surface area contributed by atoms with E-state index in [1.807, 2.05) is 24.3 Å². The highest BCUT2D eigenvalue weighted by Crippen LogP contribution is 2.29. The fourth-order valence-electron chi connectivity index (χ4n) is 3.52. The molecule has 138 valence electrons. The molecule has 1 aliphatic heterocycles. The summed E-state index contributed by atoms with van der Waals surface area (Å²) in [6.07, 6.45) is 4.43. The third-order valence-electron chi connectivity index (χ3n) is 4.81. The number of alkyl halides is 2. The lowest BCUT2D eigenvalue weighted by Gasteiger charge is -2.31. The van der Waals surface area contributed by atoms with Gasteiger partial charge in [-0.15, -0.1) is 0 Å². The average Bonchev–Trinajstić information content (AvgIpc) is 3.27. The smallest absolute Gasteiger partial charge is 0.256 e. The van der Waals surface area contributed by atoms with E-state index in [0.29, 0.717) is 0 Å². The van der Waals surface area contributed by atoms with Crippen LogP contribution in [-0.4, -0.2) is 40.1 Å². The highest BCUT2D eigenvalue weighted by molar-refractivity contribution is 5.86. The van der Waals surface area contributed by atoms with E-state index >= 15 is 0 Å². The summed E-state index contributed by atoms with van der Waals surface area (Å²) in [5.74, 6) is 0.769. The molecule has 1 aliphatic rings. The fraction of sp³-hybridized carbons (Fsp3) is 0.421. The molecule has 0 amide bonds. The second-order valence-electron chi connectivity index (χ2n) is 6.62. The molecule has 0 bridgehead atoms. The molecule has 0 N–H and O–H groups in total. The van der Waals surface area contributed by atoms with Crippen molar-refractivity contribution in [1.82, 2.24) is 14.5 Å². The van der Waals surface area contributed by atoms with Crippen molar-refractivity contribution in [2.45, 2.75) is 38.5 Å². The van der Waals surface area contributed by atoms with Crippen molar-refractivity contribution in [2.75, 3.05) is 13.1 Å². The lowest BCUT2D eigenvalue weighted by atomic mass is 10.1. The Morgan fingerprint density at radius 1 is 1.23 bits per heavy atom. The van der Waals surface area contributed by atoms with Crippen LogP contribution in [0.25, 0.3) is 10.9 Å². The van der Waals surface area contributed by atoms with Gasteiger partial charge in [-0.1, -0.05) is 6.07 Å². The highest BCUT2D eigenvalue weighted by Gasteiger charge is 2.22. The van der Waals surface area contributed by atoms with Crippen LogP contribution in [-0.2, 0) is 13.1 Å². The minimum atomic E-state index is -2.37. The second-order valence-corrected chi connectivity index (χ2v) is 6.62. The Bertz CT molecular complexity index is 840. The van der Waals surface area contributed by atoms with Crippen molar-refractivity contribution in [3.8, 4) is 5.75 Å². The lowest BCUT2D eigenvalue weighted by Crippen LogP contribution is -2.37. The number of rotatable bonds is 6. The van der Waals surface area contributed by atoms with Crippen molar-refractivity contribution < 1.29 is 17.9 Å². The van der Waals surface area contributed by atoms with E-state index in [-0.39, 0.29) is 12.6 Å². The molecule has 0 saturated carbocycles. The number of benzene rings is 1. The number of hydrogen-bond acceptors (Lipinski definition) is 4. The molecule has 0 unspecified atom stereocenters. The molecule has 1 fully saturated rings. The van der Waals surface area contributed by atoms with Gasteiger partial charge in [-0.05, 0) is 31.0 Å². The number of nitrogens with zero attached hydrogens (tertiary/aromatic N) is 3. The first kappa shape index (κ1) is 17.0. The molecule has 1 aromatic carbocycles. The van der Waals surface area contributed by atoms with Gasteiger partial charge in [0.05, 0.1) is 17.8 Å². The number of halogens is 2. The van der Waals surface area contributed by atoms with E-state index in [1.54, 1.807) is 17.0 Å². The van der Waals surface area contributed by atoms with E-state index in [2.05, 4.69) is 9.88 Å². The molecular weight excluding hydrogens is 340 g/mol. The summed E-state index contributed by atoms with van der Waals surface area (Å²) in [5.41, 5.74) is 1.72. The van der Waals surface area contributed by atoms with E-state index in [0.717, 1.165) is 54.8 Å². The maximum absolute atomic E-state index is 12.7. The monoisotopic (exact) mass is 361 g/mol. The van der Waals surface area contributed by atoms with Gasteiger partial charge >= 0.3 is 0 Å². The normalized spacial score (nSPS) is 16.6. The number of piperidine rings is 1. The lowest BCUT2D eigenvalue weighted by molar-refractivity contribution is 0.0972. The maximum Gasteiger partial charge on any atom is 0.256 e. The first-order valence-electron chi connectivity index (χ1n) is 8.81. The Kier molecular flexibility index (Phi) is 4.88. The second kappa shape index (κ2) is 7.45. The Hall–Kier alpha value is -2.41. The Morgan fingerprint density at radius 2 is 2.08 bits per heavy atom. The molecule has 3 heterocycles. The van der Waals surface area contributed by atoms with Crippen LogP contribution in [0.1, 0.15) is 18.5 Å². The van der Waals surface area contributed by atoms with Crippen molar-refractivity contribution in [1.29, 1.82) is 0 Å². The quantitative estimate of drug-likeness (QED) is 0.667. The van der Waals surface area contributed by atoms with Crippen LogP contribution >= 0.6 is 0 Å². The molecule has 26 heavy (non-hydrogen) atoms. The predicted molar refractivity (Wildman–Crippen MR) is 93.4 cm³/mol. The van der Waals surface area contributed by atoms with E-state index in [4.69, 9.17) is 9.15 Å². The molecule has 0 atom stereocenters. The Morgan fingerprint density at radius 3 is 2.81 bits per heavy atom. The van der Waals surface area contributed by atoms with Crippen LogP contribution in [0, 0.1) is 0 Å². The van der Waals surface area contributed by atoms with Gasteiger partial charge < -0.3 is 13.7 Å². The van der Waals surface area contributed by atoms with Crippen LogP contribution in [0.5, 0.6) is 5.75 Å². The number of oxazole rings is 1. The number of ether oxygens (including phenoxy) is 1. The molecule has 2 aromatic heterocycles. The molecular formula is C19H21F2N3O2. The summed E-state index contributed by atoms with van der Waals surface area (Å²) < 4.78 is 38.2. The van der Waals surface area contributed by atoms with Gasteiger partial charge in [-0.3, -0.25) is 4.90 Å². The summed E-state index contributed by atoms with van der Waals surface area (Å²) in [4.78, 5) is 6.49. The van der Waals surface area contributed by atoms with Crippen molar-refractivity contribution in [3.63, 3.8) is 0 Å². The van der Waals surface area contributed by atoms with Gasteiger partial charge in [0.1, 0.15) is 18.1 Å². The molecule has 5 nitrogen and oxygen atoms in total. The number of hydrogen-bond donors (Lipinski definition) is 0. The maximum atomic E-state index is 12.7. The summed E-state index contributed by atoms with van der Waals surface area (Å²) in [6.45, 7) is 2.35. The zero-order chi connectivity index (χ0) is 17.9. The molecule has 0 radical (unpaired) electrons. The molecule has 0 aliphatic carbocycles. The van der Waals surface area contributed by atoms with Crippen molar-refractivity contribution >= 4 is 10.9 Å². The largest absolute Gasteiger partial charge is 0.490 e. The van der Waals surface area contributed by atoms with E-state index < -0.39 is 6.43 Å². The summed E-state index contributed by atoms with van der Waals surface area (Å²) in [6, 6.07) is 7.48. The van der Waals surface area contributed by atoms with E-state index in [1.165, 1.54) is 6.39 Å². The molecule has 7 heteroatoms. The number of aromatic nitrogens is 2. The number of likely N-dealkylation sites (tertiary alicyclic amines) is 1. The Labute approximate surface area is 150 Å². The average molecular weight is 361 g/mol. The summed E-state index contributed by atoms with van der Waals surface area (Å²) in [5, 5.41) is 0.887. The molecule has 0 spiro atoms. The van der Waals surface area contributed by atoms with Gasteiger partial charge in [-0.2, -0.15) is 0 Å². The molecule has 1 saturated heterocycles. The molecule has 3 aromatic rings. The minimum Gasteiger partial charge on any atom is -0.490 e. The first-order chi connectivity index (χ1) is 12.7. The zero-order valence-corrected chi connectivity index (χ0v) is 14.4. The van der Waals surface area contributed by atoms with Crippen LogP contribution < -0.4 is 4.74 Å². The SMILES string of the molecule is FC(F)Cn1ccc2c(OC3CCN(Cc4cocn4)CC3)cccc21. The Balaban J connectivity index is 1.39. The highest BCUT2D eigenvalue weighted by atomic mass is 19.3. The summed E-state index contributed by atoms with van der Waals surface area (Å²) in [7, 11) is 0. The van der Waals surface area contributed by atoms with E-state index in [9.17, 15) is 8.78 Å². The van der Waals surface area contributed by atoms with Crippen LogP contribution in [0.4, 0.5) is 8.78 Å². The van der Waals surface area contributed by atoms with Crippen molar-refractivity contribution in [2.24, 2.45) is 0 Å². The van der Waals surface area contributed by atoms with Crippen molar-refractivity contribution in [3.05, 3.63) is 48.8 Å². The van der Waals surface area contributed by atoms with Gasteiger partial charge in [0.25, 0.3) is 6.43 Å². The van der Waals surface area contributed by atoms with Gasteiger partial charge in [0, 0.05) is 31.2 Å². The zero-order valence-electron chi connectivity index (χ0n) is 14.4. The topological polar surface area (TPSA) is 43.4 Å². The fourth-order valence-corrected chi connectivity index (χ4v) is 3.52. The molecule has 4 rings (SSSR count). The standard InChI is InChI=1S/C19H21F2N3O2/c20-19(21)11-24-9-6-16-17(24)2-1-3-18(16)26-15-4-7-23(8-5-15)10-14-12-25-13-22-14/h1-3,6,9,12-13,15,19H,4-5,7-8,10-11H2.